The molecule has 0 saturated heterocycles. The molecule has 3 rings (SSSR count). The minimum Gasteiger partial charge on any atom is -0.392 e. The monoisotopic (exact) mass is 310 g/mol. The molecule has 0 saturated carbocycles. The van der Waals surface area contributed by atoms with Gasteiger partial charge in [-0.2, -0.15) is 0 Å². The van der Waals surface area contributed by atoms with Crippen LogP contribution in [0.1, 0.15) is 34.8 Å². The van der Waals surface area contributed by atoms with Gasteiger partial charge in [-0.3, -0.25) is 0 Å². The van der Waals surface area contributed by atoms with Crippen molar-refractivity contribution in [3.63, 3.8) is 0 Å². The summed E-state index contributed by atoms with van der Waals surface area (Å²) in [7, 11) is 0. The average molecular weight is 311 g/mol. The number of hydrogen-bond donors (Lipinski definition) is 1. The third kappa shape index (κ3) is 2.76. The van der Waals surface area contributed by atoms with Gasteiger partial charge in [0, 0.05) is 22.2 Å². The van der Waals surface area contributed by atoms with Crippen LogP contribution in [0.25, 0.3) is 0 Å². The van der Waals surface area contributed by atoms with Gasteiger partial charge in [0.15, 0.2) is 0 Å². The van der Waals surface area contributed by atoms with E-state index in [1.54, 1.807) is 17.4 Å². The maximum Gasteiger partial charge on any atom is 0.126 e. The zero-order valence-electron chi connectivity index (χ0n) is 11.0. The minimum atomic E-state index is -0.559. The van der Waals surface area contributed by atoms with E-state index < -0.39 is 6.10 Å². The van der Waals surface area contributed by atoms with Crippen molar-refractivity contribution in [3.8, 4) is 0 Å². The molecule has 106 valence electrons. The predicted octanol–water partition coefficient (Wildman–Crippen LogP) is 4.56. The van der Waals surface area contributed by atoms with Crippen molar-refractivity contribution in [2.45, 2.75) is 37.7 Å². The lowest BCUT2D eigenvalue weighted by atomic mass is 9.82. The van der Waals surface area contributed by atoms with Crippen LogP contribution in [-0.4, -0.2) is 11.2 Å². The molecule has 0 fully saturated rings. The second kappa shape index (κ2) is 5.84. The van der Waals surface area contributed by atoms with Gasteiger partial charge in [0.2, 0.25) is 0 Å². The molecule has 2 atom stereocenters. The first-order valence-corrected chi connectivity index (χ1v) is 8.09. The normalized spacial score (nSPS) is 19.6. The Morgan fingerprint density at radius 1 is 1.40 bits per heavy atom. The van der Waals surface area contributed by atoms with Gasteiger partial charge in [0.1, 0.15) is 5.82 Å². The summed E-state index contributed by atoms with van der Waals surface area (Å²) in [6.45, 7) is 0. The largest absolute Gasteiger partial charge is 0.392 e. The van der Waals surface area contributed by atoms with Gasteiger partial charge in [-0.25, -0.2) is 4.39 Å². The summed E-state index contributed by atoms with van der Waals surface area (Å²) < 4.78 is 13.8. The van der Waals surface area contributed by atoms with E-state index in [-0.39, 0.29) is 11.7 Å². The molecule has 0 bridgehead atoms. The second-order valence-corrected chi connectivity index (χ2v) is 6.74. The fraction of sp³-hybridized carbons (Fsp3) is 0.375. The molecule has 1 aliphatic carbocycles. The second-order valence-electron chi connectivity index (χ2n) is 5.31. The summed E-state index contributed by atoms with van der Waals surface area (Å²) in [5.74, 6) is -0.182. The third-order valence-corrected chi connectivity index (χ3v) is 5.23. The van der Waals surface area contributed by atoms with Crippen LogP contribution in [0.4, 0.5) is 4.39 Å². The molecule has 1 aromatic carbocycles. The van der Waals surface area contributed by atoms with E-state index >= 15 is 0 Å². The maximum atomic E-state index is 13.8. The Bertz CT molecular complexity index is 610. The van der Waals surface area contributed by atoms with Crippen LogP contribution < -0.4 is 0 Å². The van der Waals surface area contributed by atoms with Gasteiger partial charge in [0.05, 0.1) is 6.10 Å². The van der Waals surface area contributed by atoms with Crippen molar-refractivity contribution in [2.75, 3.05) is 0 Å². The molecule has 0 aliphatic heterocycles. The van der Waals surface area contributed by atoms with Crippen LogP contribution in [0.15, 0.2) is 29.6 Å². The summed E-state index contributed by atoms with van der Waals surface area (Å²) in [6, 6.07) is 6.60. The Labute approximate surface area is 127 Å². The maximum absolute atomic E-state index is 13.8. The van der Waals surface area contributed by atoms with Crippen LogP contribution >= 0.6 is 22.9 Å². The average Bonchev–Trinajstić information content (AvgIpc) is 2.91. The molecular weight excluding hydrogens is 295 g/mol. The molecule has 1 N–H and O–H groups in total. The van der Waals surface area contributed by atoms with E-state index in [9.17, 15) is 9.50 Å². The molecule has 0 spiro atoms. The van der Waals surface area contributed by atoms with E-state index in [4.69, 9.17) is 11.6 Å². The van der Waals surface area contributed by atoms with Gasteiger partial charge in [0.25, 0.3) is 0 Å². The van der Waals surface area contributed by atoms with Crippen molar-refractivity contribution in [3.05, 3.63) is 56.5 Å². The quantitative estimate of drug-likeness (QED) is 0.881. The van der Waals surface area contributed by atoms with Crippen LogP contribution in [0.3, 0.4) is 0 Å². The first kappa shape index (κ1) is 14.1. The zero-order chi connectivity index (χ0) is 14.1. The van der Waals surface area contributed by atoms with E-state index in [1.807, 2.05) is 0 Å². The highest BCUT2D eigenvalue weighted by molar-refractivity contribution is 7.10. The Kier molecular flexibility index (Phi) is 4.11. The molecule has 1 heterocycles. The van der Waals surface area contributed by atoms with Gasteiger partial charge >= 0.3 is 0 Å². The predicted molar refractivity (Wildman–Crippen MR) is 81.1 cm³/mol. The van der Waals surface area contributed by atoms with Crippen LogP contribution in [0.2, 0.25) is 5.02 Å². The Hall–Kier alpha value is -0.900. The number of halogens is 2. The molecular formula is C16H16ClFOS. The summed E-state index contributed by atoms with van der Waals surface area (Å²) in [5.41, 5.74) is 1.74. The molecule has 1 aliphatic rings. The van der Waals surface area contributed by atoms with Crippen LogP contribution in [0, 0.1) is 5.82 Å². The lowest BCUT2D eigenvalue weighted by Gasteiger charge is -2.27. The SMILES string of the molecule is OC(Cc1cc(Cl)ccc1F)C1CCCc2sccc21. The van der Waals surface area contributed by atoms with Crippen LogP contribution in [0.5, 0.6) is 0 Å². The first-order chi connectivity index (χ1) is 9.65. The van der Waals surface area contributed by atoms with Gasteiger partial charge in [-0.1, -0.05) is 11.6 Å². The molecule has 4 heteroatoms. The number of aliphatic hydroxyl groups excluding tert-OH is 1. The molecule has 1 aromatic heterocycles. The third-order valence-electron chi connectivity index (χ3n) is 4.00. The van der Waals surface area contributed by atoms with Crippen molar-refractivity contribution in [1.82, 2.24) is 0 Å². The Balaban J connectivity index is 1.81. The summed E-state index contributed by atoms with van der Waals surface area (Å²) in [6.07, 6.45) is 2.91. The van der Waals surface area contributed by atoms with Crippen molar-refractivity contribution in [1.29, 1.82) is 0 Å². The van der Waals surface area contributed by atoms with E-state index in [0.29, 0.717) is 17.0 Å². The molecule has 2 aromatic rings. The Morgan fingerprint density at radius 2 is 2.25 bits per heavy atom. The topological polar surface area (TPSA) is 20.2 Å². The van der Waals surface area contributed by atoms with Gasteiger partial charge in [-0.15, -0.1) is 11.3 Å². The number of thiophene rings is 1. The standard InChI is InChI=1S/C16H16ClFOS/c17-11-4-5-14(18)10(8-11)9-15(19)12-2-1-3-16-13(12)6-7-20-16/h4-8,12,15,19H,1-3,9H2. The highest BCUT2D eigenvalue weighted by Crippen LogP contribution is 2.38. The fourth-order valence-electron chi connectivity index (χ4n) is 2.99. The highest BCUT2D eigenvalue weighted by Gasteiger charge is 2.28. The van der Waals surface area contributed by atoms with E-state index in [0.717, 1.165) is 19.3 Å². The summed E-state index contributed by atoms with van der Waals surface area (Å²) in [4.78, 5) is 1.37. The number of hydrogen-bond acceptors (Lipinski definition) is 2. The highest BCUT2D eigenvalue weighted by atomic mass is 35.5. The number of fused-ring (bicyclic) bond motifs is 1. The van der Waals surface area contributed by atoms with Gasteiger partial charge in [-0.05, 0) is 60.0 Å². The summed E-state index contributed by atoms with van der Waals surface area (Å²) in [5, 5.41) is 13.1. The van der Waals surface area contributed by atoms with Crippen molar-refractivity contribution < 1.29 is 9.50 Å². The molecule has 1 nitrogen and oxygen atoms in total. The minimum absolute atomic E-state index is 0.114. The van der Waals surface area contributed by atoms with Crippen molar-refractivity contribution >= 4 is 22.9 Å². The van der Waals surface area contributed by atoms with E-state index in [2.05, 4.69) is 11.4 Å². The van der Waals surface area contributed by atoms with Gasteiger partial charge < -0.3 is 5.11 Å². The molecule has 0 amide bonds. The fourth-order valence-corrected chi connectivity index (χ4v) is 4.18. The zero-order valence-corrected chi connectivity index (χ0v) is 12.6. The van der Waals surface area contributed by atoms with Crippen LogP contribution in [-0.2, 0) is 12.8 Å². The molecule has 2 unspecified atom stereocenters. The number of benzene rings is 1. The smallest absolute Gasteiger partial charge is 0.126 e. The van der Waals surface area contributed by atoms with E-state index in [1.165, 1.54) is 22.6 Å². The lowest BCUT2D eigenvalue weighted by Crippen LogP contribution is -2.24. The Morgan fingerprint density at radius 3 is 3.10 bits per heavy atom. The van der Waals surface area contributed by atoms with Crippen molar-refractivity contribution in [2.24, 2.45) is 0 Å². The first-order valence-electron chi connectivity index (χ1n) is 6.83. The summed E-state index contributed by atoms with van der Waals surface area (Å²) >= 11 is 7.66. The lowest BCUT2D eigenvalue weighted by molar-refractivity contribution is 0.134. The number of rotatable bonds is 3. The number of aryl methyl sites for hydroxylation is 1. The molecule has 0 radical (unpaired) electrons. The molecule has 20 heavy (non-hydrogen) atoms. The number of aliphatic hydroxyl groups is 1.